The van der Waals surface area contributed by atoms with Gasteiger partial charge in [-0.15, -0.1) is 0 Å². The molecule has 0 saturated heterocycles. The molecule has 0 aliphatic carbocycles. The van der Waals surface area contributed by atoms with Crippen LogP contribution in [-0.4, -0.2) is 12.7 Å². The lowest BCUT2D eigenvalue weighted by atomic mass is 10.1. The van der Waals surface area contributed by atoms with Crippen LogP contribution in [0.4, 0.5) is 0 Å². The summed E-state index contributed by atoms with van der Waals surface area (Å²) in [5, 5.41) is 0. The Hall–Kier alpha value is -1.69. The summed E-state index contributed by atoms with van der Waals surface area (Å²) in [6, 6.07) is 13.0. The van der Waals surface area contributed by atoms with Crippen molar-refractivity contribution < 1.29 is 8.42 Å². The molecule has 0 fully saturated rings. The molecule has 0 aromatic heterocycles. The molecule has 2 aromatic carbocycles. The van der Waals surface area contributed by atoms with Gasteiger partial charge in [-0.2, -0.15) is 4.31 Å². The number of sulfonamides is 1. The molecule has 2 aromatic rings. The molecule has 2 N–H and O–H groups in total. The smallest absolute Gasteiger partial charge is 0.243 e. The Kier molecular flexibility index (Phi) is 3.57. The van der Waals surface area contributed by atoms with Crippen molar-refractivity contribution in [1.82, 2.24) is 4.31 Å². The van der Waals surface area contributed by atoms with Gasteiger partial charge in [-0.05, 0) is 41.3 Å². The van der Waals surface area contributed by atoms with E-state index >= 15 is 0 Å². The Labute approximate surface area is 125 Å². The number of fused-ring (bicyclic) bond motifs is 1. The molecule has 0 bridgehead atoms. The molecule has 5 heteroatoms. The van der Waals surface area contributed by atoms with E-state index in [1.54, 1.807) is 12.1 Å². The highest BCUT2D eigenvalue weighted by molar-refractivity contribution is 7.89. The maximum Gasteiger partial charge on any atom is 0.243 e. The second-order valence-electron chi connectivity index (χ2n) is 5.33. The maximum absolute atomic E-state index is 12.8. The standard InChI is InChI=1S/C16H18N2O2S/c1-12-6-7-16(8-15(12)9-17)21(19,20)18-10-13-4-2-3-5-14(13)11-18/h2-8H,9-11,17H2,1H3. The summed E-state index contributed by atoms with van der Waals surface area (Å²) in [5.74, 6) is 0. The van der Waals surface area contributed by atoms with Gasteiger partial charge in [0.25, 0.3) is 0 Å². The lowest BCUT2D eigenvalue weighted by Crippen LogP contribution is -2.25. The fraction of sp³-hybridized carbons (Fsp3) is 0.250. The van der Waals surface area contributed by atoms with Crippen LogP contribution in [0.15, 0.2) is 47.4 Å². The number of hydrogen-bond donors (Lipinski definition) is 1. The lowest BCUT2D eigenvalue weighted by Gasteiger charge is -2.16. The first kappa shape index (κ1) is 14.3. The number of hydrogen-bond acceptors (Lipinski definition) is 3. The molecule has 0 unspecified atom stereocenters. The Morgan fingerprint density at radius 3 is 2.29 bits per heavy atom. The van der Waals surface area contributed by atoms with Crippen LogP contribution < -0.4 is 5.73 Å². The van der Waals surface area contributed by atoms with Gasteiger partial charge in [0, 0.05) is 19.6 Å². The van der Waals surface area contributed by atoms with E-state index in [9.17, 15) is 8.42 Å². The molecule has 1 aliphatic heterocycles. The van der Waals surface area contributed by atoms with Crippen LogP contribution in [0.25, 0.3) is 0 Å². The molecule has 110 valence electrons. The number of nitrogens with zero attached hydrogens (tertiary/aromatic N) is 1. The Balaban J connectivity index is 1.96. The first-order valence-corrected chi connectivity index (χ1v) is 8.33. The van der Waals surface area contributed by atoms with Crippen molar-refractivity contribution in [2.24, 2.45) is 5.73 Å². The van der Waals surface area contributed by atoms with Gasteiger partial charge in [-0.3, -0.25) is 0 Å². The zero-order valence-electron chi connectivity index (χ0n) is 11.9. The minimum atomic E-state index is -3.48. The molecule has 0 radical (unpaired) electrons. The molecule has 0 amide bonds. The van der Waals surface area contributed by atoms with Crippen molar-refractivity contribution >= 4 is 10.0 Å². The third-order valence-electron chi connectivity index (χ3n) is 3.99. The van der Waals surface area contributed by atoms with Crippen LogP contribution in [0.1, 0.15) is 22.3 Å². The van der Waals surface area contributed by atoms with Crippen LogP contribution in [0.3, 0.4) is 0 Å². The highest BCUT2D eigenvalue weighted by Crippen LogP contribution is 2.29. The molecule has 1 heterocycles. The van der Waals surface area contributed by atoms with Gasteiger partial charge >= 0.3 is 0 Å². The van der Waals surface area contributed by atoms with Crippen LogP contribution >= 0.6 is 0 Å². The summed E-state index contributed by atoms with van der Waals surface area (Å²) in [5.41, 5.74) is 9.71. The normalized spacial score (nSPS) is 15.1. The van der Waals surface area contributed by atoms with Crippen molar-refractivity contribution in [1.29, 1.82) is 0 Å². The number of benzene rings is 2. The van der Waals surface area contributed by atoms with Gasteiger partial charge in [-0.25, -0.2) is 8.42 Å². The summed E-state index contributed by atoms with van der Waals surface area (Å²) in [4.78, 5) is 0.321. The van der Waals surface area contributed by atoms with Gasteiger partial charge in [-0.1, -0.05) is 30.3 Å². The second-order valence-corrected chi connectivity index (χ2v) is 7.27. The lowest BCUT2D eigenvalue weighted by molar-refractivity contribution is 0.431. The zero-order valence-corrected chi connectivity index (χ0v) is 12.7. The van der Waals surface area contributed by atoms with Gasteiger partial charge in [0.15, 0.2) is 0 Å². The molecule has 21 heavy (non-hydrogen) atoms. The number of aryl methyl sites for hydroxylation is 1. The SMILES string of the molecule is Cc1ccc(S(=O)(=O)N2Cc3ccccc3C2)cc1CN. The third kappa shape index (κ3) is 2.48. The van der Waals surface area contributed by atoms with Gasteiger partial charge in [0.1, 0.15) is 0 Å². The van der Waals surface area contributed by atoms with E-state index in [-0.39, 0.29) is 0 Å². The average Bonchev–Trinajstić information content (AvgIpc) is 2.92. The first-order chi connectivity index (χ1) is 10.0. The average molecular weight is 302 g/mol. The molecular weight excluding hydrogens is 284 g/mol. The van der Waals surface area contributed by atoms with E-state index < -0.39 is 10.0 Å². The van der Waals surface area contributed by atoms with Crippen LogP contribution in [0.5, 0.6) is 0 Å². The molecule has 4 nitrogen and oxygen atoms in total. The highest BCUT2D eigenvalue weighted by Gasteiger charge is 2.30. The van der Waals surface area contributed by atoms with E-state index in [1.165, 1.54) is 4.31 Å². The maximum atomic E-state index is 12.8. The topological polar surface area (TPSA) is 63.4 Å². The number of rotatable bonds is 3. The summed E-state index contributed by atoms with van der Waals surface area (Å²) in [6.45, 7) is 3.15. The quantitative estimate of drug-likeness (QED) is 0.945. The Morgan fingerprint density at radius 1 is 1.10 bits per heavy atom. The van der Waals surface area contributed by atoms with Crippen LogP contribution in [0, 0.1) is 6.92 Å². The fourth-order valence-corrected chi connectivity index (χ4v) is 4.10. The van der Waals surface area contributed by atoms with Gasteiger partial charge in [0.05, 0.1) is 4.90 Å². The Morgan fingerprint density at radius 2 is 1.71 bits per heavy atom. The predicted molar refractivity (Wildman–Crippen MR) is 81.9 cm³/mol. The minimum absolute atomic E-state index is 0.321. The van der Waals surface area contributed by atoms with Crippen molar-refractivity contribution in [3.05, 3.63) is 64.7 Å². The van der Waals surface area contributed by atoms with E-state index in [4.69, 9.17) is 5.73 Å². The monoisotopic (exact) mass is 302 g/mol. The highest BCUT2D eigenvalue weighted by atomic mass is 32.2. The Bertz CT molecular complexity index is 760. The summed E-state index contributed by atoms with van der Waals surface area (Å²) >= 11 is 0. The van der Waals surface area contributed by atoms with E-state index in [2.05, 4.69) is 0 Å². The van der Waals surface area contributed by atoms with Crippen molar-refractivity contribution in [2.45, 2.75) is 31.5 Å². The van der Waals surface area contributed by atoms with E-state index in [0.29, 0.717) is 24.5 Å². The largest absolute Gasteiger partial charge is 0.326 e. The first-order valence-electron chi connectivity index (χ1n) is 6.89. The predicted octanol–water partition coefficient (Wildman–Crippen LogP) is 2.16. The zero-order chi connectivity index (χ0) is 15.0. The van der Waals surface area contributed by atoms with Crippen LogP contribution in [-0.2, 0) is 29.7 Å². The molecular formula is C16H18N2O2S. The fourth-order valence-electron chi connectivity index (χ4n) is 2.65. The minimum Gasteiger partial charge on any atom is -0.326 e. The van der Waals surface area contributed by atoms with Crippen LogP contribution in [0.2, 0.25) is 0 Å². The summed E-state index contributed by atoms with van der Waals surface area (Å²) in [7, 11) is -3.48. The van der Waals surface area contributed by atoms with Gasteiger partial charge in [0.2, 0.25) is 10.0 Å². The molecule has 0 spiro atoms. The molecule has 3 rings (SSSR count). The van der Waals surface area contributed by atoms with Crippen molar-refractivity contribution in [3.63, 3.8) is 0 Å². The van der Waals surface area contributed by atoms with Crippen molar-refractivity contribution in [2.75, 3.05) is 0 Å². The summed E-state index contributed by atoms with van der Waals surface area (Å²) < 4.78 is 27.1. The molecule has 0 saturated carbocycles. The molecule has 0 atom stereocenters. The summed E-state index contributed by atoms with van der Waals surface area (Å²) in [6.07, 6.45) is 0. The van der Waals surface area contributed by atoms with Gasteiger partial charge < -0.3 is 5.73 Å². The van der Waals surface area contributed by atoms with E-state index in [1.807, 2.05) is 37.3 Å². The number of nitrogens with two attached hydrogens (primary N) is 1. The van der Waals surface area contributed by atoms with Crippen molar-refractivity contribution in [3.8, 4) is 0 Å². The van der Waals surface area contributed by atoms with E-state index in [0.717, 1.165) is 22.3 Å². The third-order valence-corrected chi connectivity index (χ3v) is 5.78. The molecule has 1 aliphatic rings. The second kappa shape index (κ2) is 5.26.